The van der Waals surface area contributed by atoms with Crippen molar-refractivity contribution in [2.45, 2.75) is 18.6 Å². The summed E-state index contributed by atoms with van der Waals surface area (Å²) in [7, 11) is 1.77. The third-order valence-corrected chi connectivity index (χ3v) is 5.31. The maximum Gasteiger partial charge on any atom is 0.287 e. The van der Waals surface area contributed by atoms with Gasteiger partial charge in [0, 0.05) is 31.3 Å². The SMILES string of the molecule is CN1C(=O)Cc2cc(C3(CCNC(=O)c4ccc(Br)o4)OCCO3)ccc21. The van der Waals surface area contributed by atoms with Crippen LogP contribution < -0.4 is 10.2 Å². The molecule has 142 valence electrons. The van der Waals surface area contributed by atoms with Crippen LogP contribution in [0.4, 0.5) is 5.69 Å². The molecule has 1 aromatic heterocycles. The highest BCUT2D eigenvalue weighted by atomic mass is 79.9. The van der Waals surface area contributed by atoms with Crippen LogP contribution in [-0.2, 0) is 26.5 Å². The van der Waals surface area contributed by atoms with Gasteiger partial charge in [-0.1, -0.05) is 6.07 Å². The topological polar surface area (TPSA) is 81.0 Å². The van der Waals surface area contributed by atoms with Crippen molar-refractivity contribution in [2.75, 3.05) is 31.7 Å². The average Bonchev–Trinajstić information content (AvgIpc) is 3.36. The molecule has 1 N–H and O–H groups in total. The Balaban J connectivity index is 1.48. The number of halogens is 1. The number of hydrogen-bond acceptors (Lipinski definition) is 5. The zero-order valence-corrected chi connectivity index (χ0v) is 16.4. The zero-order valence-electron chi connectivity index (χ0n) is 14.8. The van der Waals surface area contributed by atoms with Crippen LogP contribution in [-0.4, -0.2) is 38.6 Å². The van der Waals surface area contributed by atoms with E-state index in [2.05, 4.69) is 21.2 Å². The molecule has 27 heavy (non-hydrogen) atoms. The van der Waals surface area contributed by atoms with Gasteiger partial charge in [-0.2, -0.15) is 0 Å². The highest BCUT2D eigenvalue weighted by Gasteiger charge is 2.39. The Hall–Kier alpha value is -2.16. The van der Waals surface area contributed by atoms with Crippen molar-refractivity contribution < 1.29 is 23.5 Å². The van der Waals surface area contributed by atoms with Gasteiger partial charge in [0.15, 0.2) is 16.2 Å². The van der Waals surface area contributed by atoms with Crippen LogP contribution in [0, 0.1) is 0 Å². The van der Waals surface area contributed by atoms with Gasteiger partial charge in [-0.3, -0.25) is 9.59 Å². The minimum atomic E-state index is -0.920. The first-order valence-corrected chi connectivity index (χ1v) is 9.49. The Morgan fingerprint density at radius 1 is 1.26 bits per heavy atom. The summed E-state index contributed by atoms with van der Waals surface area (Å²) in [6.45, 7) is 1.32. The fourth-order valence-electron chi connectivity index (χ4n) is 3.48. The molecule has 2 amide bonds. The van der Waals surface area contributed by atoms with Crippen molar-refractivity contribution in [3.05, 3.63) is 51.9 Å². The summed E-state index contributed by atoms with van der Waals surface area (Å²) in [6, 6.07) is 9.08. The van der Waals surface area contributed by atoms with Crippen molar-refractivity contribution in [3.8, 4) is 0 Å². The number of rotatable bonds is 5. The second kappa shape index (κ2) is 7.10. The van der Waals surface area contributed by atoms with Crippen molar-refractivity contribution in [1.82, 2.24) is 5.32 Å². The van der Waals surface area contributed by atoms with E-state index in [0.29, 0.717) is 37.3 Å². The third-order valence-electron chi connectivity index (χ3n) is 4.89. The molecule has 1 saturated heterocycles. The van der Waals surface area contributed by atoms with Gasteiger partial charge >= 0.3 is 0 Å². The Morgan fingerprint density at radius 2 is 2.04 bits per heavy atom. The Kier molecular flexibility index (Phi) is 4.79. The first kappa shape index (κ1) is 18.2. The molecule has 1 fully saturated rings. The molecular formula is C19H19BrN2O5. The quantitative estimate of drug-likeness (QED) is 0.781. The highest BCUT2D eigenvalue weighted by molar-refractivity contribution is 9.10. The number of carbonyl (C=O) groups is 2. The summed E-state index contributed by atoms with van der Waals surface area (Å²) in [4.78, 5) is 25.7. The van der Waals surface area contributed by atoms with E-state index in [4.69, 9.17) is 13.9 Å². The van der Waals surface area contributed by atoms with Crippen LogP contribution in [0.2, 0.25) is 0 Å². The van der Waals surface area contributed by atoms with Crippen LogP contribution in [0.3, 0.4) is 0 Å². The van der Waals surface area contributed by atoms with E-state index < -0.39 is 5.79 Å². The normalized spacial score (nSPS) is 18.0. The van der Waals surface area contributed by atoms with Crippen LogP contribution in [0.5, 0.6) is 0 Å². The predicted octanol–water partition coefficient (Wildman–Crippen LogP) is 2.58. The first-order valence-electron chi connectivity index (χ1n) is 8.70. The van der Waals surface area contributed by atoms with Crippen molar-refractivity contribution in [3.63, 3.8) is 0 Å². The van der Waals surface area contributed by atoms with Gasteiger partial charge in [-0.25, -0.2) is 0 Å². The molecular weight excluding hydrogens is 416 g/mol. The summed E-state index contributed by atoms with van der Waals surface area (Å²) in [5.41, 5.74) is 2.73. The number of benzene rings is 1. The Morgan fingerprint density at radius 3 is 2.74 bits per heavy atom. The van der Waals surface area contributed by atoms with Crippen LogP contribution in [0.15, 0.2) is 39.4 Å². The molecule has 2 aliphatic rings. The van der Waals surface area contributed by atoms with E-state index >= 15 is 0 Å². The first-order chi connectivity index (χ1) is 13.0. The van der Waals surface area contributed by atoms with Crippen molar-refractivity contribution >= 4 is 33.4 Å². The van der Waals surface area contributed by atoms with Crippen LogP contribution in [0.1, 0.15) is 28.1 Å². The highest BCUT2D eigenvalue weighted by Crippen LogP contribution is 2.38. The fraction of sp³-hybridized carbons (Fsp3) is 0.368. The minimum Gasteiger partial charge on any atom is -0.444 e. The van der Waals surface area contributed by atoms with Gasteiger partial charge in [0.05, 0.1) is 19.6 Å². The van der Waals surface area contributed by atoms with Gasteiger partial charge < -0.3 is 24.1 Å². The maximum atomic E-state index is 12.1. The maximum absolute atomic E-state index is 12.1. The van der Waals surface area contributed by atoms with Gasteiger partial charge in [0.2, 0.25) is 5.91 Å². The molecule has 7 nitrogen and oxygen atoms in total. The number of nitrogens with zero attached hydrogens (tertiary/aromatic N) is 1. The third kappa shape index (κ3) is 3.40. The average molecular weight is 435 g/mol. The van der Waals surface area contributed by atoms with Crippen LogP contribution in [0.25, 0.3) is 0 Å². The number of carbonyl (C=O) groups excluding carboxylic acids is 2. The van der Waals surface area contributed by atoms with Gasteiger partial charge in [-0.15, -0.1) is 0 Å². The van der Waals surface area contributed by atoms with Crippen molar-refractivity contribution in [1.29, 1.82) is 0 Å². The van der Waals surface area contributed by atoms with E-state index in [1.165, 1.54) is 0 Å². The molecule has 0 saturated carbocycles. The molecule has 0 spiro atoms. The van der Waals surface area contributed by atoms with E-state index in [1.54, 1.807) is 24.1 Å². The number of anilines is 1. The zero-order chi connectivity index (χ0) is 19.0. The lowest BCUT2D eigenvalue weighted by Crippen LogP contribution is -2.34. The predicted molar refractivity (Wildman–Crippen MR) is 100 cm³/mol. The molecule has 3 heterocycles. The number of fused-ring (bicyclic) bond motifs is 1. The second-order valence-corrected chi connectivity index (χ2v) is 7.31. The molecule has 0 bridgehead atoms. The van der Waals surface area contributed by atoms with Gasteiger partial charge in [0.1, 0.15) is 0 Å². The number of hydrogen-bond donors (Lipinski definition) is 1. The molecule has 0 radical (unpaired) electrons. The van der Waals surface area contributed by atoms with E-state index in [0.717, 1.165) is 16.8 Å². The smallest absolute Gasteiger partial charge is 0.287 e. The number of ether oxygens (including phenoxy) is 2. The molecule has 4 rings (SSSR count). The molecule has 2 aliphatic heterocycles. The number of amides is 2. The lowest BCUT2D eigenvalue weighted by Gasteiger charge is -2.28. The lowest BCUT2D eigenvalue weighted by molar-refractivity contribution is -0.169. The number of likely N-dealkylation sites (N-methyl/N-ethyl adjacent to an activating group) is 1. The largest absolute Gasteiger partial charge is 0.444 e. The fourth-order valence-corrected chi connectivity index (χ4v) is 3.79. The summed E-state index contributed by atoms with van der Waals surface area (Å²) in [6.07, 6.45) is 0.822. The monoisotopic (exact) mass is 434 g/mol. The number of nitrogens with one attached hydrogen (secondary N) is 1. The molecule has 0 aliphatic carbocycles. The van der Waals surface area contributed by atoms with Crippen LogP contribution >= 0.6 is 15.9 Å². The molecule has 8 heteroatoms. The second-order valence-electron chi connectivity index (χ2n) is 6.53. The Labute approximate surface area is 164 Å². The van der Waals surface area contributed by atoms with Crippen molar-refractivity contribution in [2.24, 2.45) is 0 Å². The van der Waals surface area contributed by atoms with Gasteiger partial charge in [0.25, 0.3) is 5.91 Å². The summed E-state index contributed by atoms with van der Waals surface area (Å²) < 4.78 is 17.6. The summed E-state index contributed by atoms with van der Waals surface area (Å²) >= 11 is 3.18. The Bertz CT molecular complexity index is 888. The minimum absolute atomic E-state index is 0.0707. The lowest BCUT2D eigenvalue weighted by atomic mass is 9.98. The van der Waals surface area contributed by atoms with E-state index in [-0.39, 0.29) is 17.6 Å². The summed E-state index contributed by atoms with van der Waals surface area (Å²) in [5, 5.41) is 2.82. The molecule has 0 unspecified atom stereocenters. The van der Waals surface area contributed by atoms with Gasteiger partial charge in [-0.05, 0) is 45.8 Å². The standard InChI is InChI=1S/C19H19BrN2O5/c1-22-14-3-2-13(10-12(14)11-17(22)23)19(25-8-9-26-19)6-7-21-18(24)15-4-5-16(20)27-15/h2-5,10H,6-9,11H2,1H3,(H,21,24). The van der Waals surface area contributed by atoms with E-state index in [1.807, 2.05) is 18.2 Å². The summed E-state index contributed by atoms with van der Waals surface area (Å²) in [5.74, 6) is -0.907. The number of furan rings is 1. The van der Waals surface area contributed by atoms with E-state index in [9.17, 15) is 9.59 Å². The molecule has 1 aromatic carbocycles. The molecule has 0 atom stereocenters. The molecule has 2 aromatic rings.